The van der Waals surface area contributed by atoms with Crippen molar-refractivity contribution in [3.05, 3.63) is 35.9 Å². The third kappa shape index (κ3) is 4.20. The topological polar surface area (TPSA) is 77.1 Å². The van der Waals surface area contributed by atoms with E-state index in [-0.39, 0.29) is 6.61 Å². The van der Waals surface area contributed by atoms with Gasteiger partial charge in [0.05, 0.1) is 19.8 Å². The number of amides is 2. The lowest BCUT2D eigenvalue weighted by atomic mass is 10.1. The largest absolute Gasteiger partial charge is 0.444 e. The number of rotatable bonds is 3. The molecule has 1 aliphatic rings. The van der Waals surface area contributed by atoms with Crippen molar-refractivity contribution in [3.8, 4) is 0 Å². The molecule has 1 aromatic rings. The fourth-order valence-electron chi connectivity index (χ4n) is 2.33. The van der Waals surface area contributed by atoms with Gasteiger partial charge in [-0.05, 0) is 26.3 Å². The Bertz CT molecular complexity index is 555. The van der Waals surface area contributed by atoms with E-state index in [2.05, 4.69) is 10.3 Å². The maximum Gasteiger partial charge on any atom is 0.413 e. The van der Waals surface area contributed by atoms with E-state index in [1.807, 2.05) is 30.3 Å². The molecule has 0 unspecified atom stereocenters. The Morgan fingerprint density at radius 3 is 2.48 bits per heavy atom. The Morgan fingerprint density at radius 1 is 1.26 bits per heavy atom. The van der Waals surface area contributed by atoms with Crippen LogP contribution in [0.3, 0.4) is 0 Å². The molecule has 2 atom stereocenters. The SMILES string of the molecule is CONC(=O)[C@@H]1OC[C@H](c2ccccc2)N1C(=O)OC(C)(C)C. The second-order valence-corrected chi connectivity index (χ2v) is 6.17. The van der Waals surface area contributed by atoms with Crippen molar-refractivity contribution in [1.82, 2.24) is 10.4 Å². The number of nitrogens with zero attached hydrogens (tertiary/aromatic N) is 1. The first-order valence-electron chi connectivity index (χ1n) is 7.34. The average molecular weight is 322 g/mol. The maximum absolute atomic E-state index is 12.6. The number of carbonyl (C=O) groups excluding carboxylic acids is 2. The normalized spacial score (nSPS) is 21.1. The zero-order valence-electron chi connectivity index (χ0n) is 13.7. The molecular formula is C16H22N2O5. The number of ether oxygens (including phenoxy) is 2. The summed E-state index contributed by atoms with van der Waals surface area (Å²) in [7, 11) is 1.32. The lowest BCUT2D eigenvalue weighted by Gasteiger charge is -2.30. The lowest BCUT2D eigenvalue weighted by molar-refractivity contribution is -0.147. The number of hydrogen-bond donors (Lipinski definition) is 1. The second-order valence-electron chi connectivity index (χ2n) is 6.17. The zero-order valence-corrected chi connectivity index (χ0v) is 13.7. The molecule has 1 fully saturated rings. The van der Waals surface area contributed by atoms with Gasteiger partial charge in [0.1, 0.15) is 5.60 Å². The maximum atomic E-state index is 12.6. The van der Waals surface area contributed by atoms with Gasteiger partial charge >= 0.3 is 6.09 Å². The Kier molecular flexibility index (Phi) is 5.23. The van der Waals surface area contributed by atoms with Crippen molar-refractivity contribution in [1.29, 1.82) is 0 Å². The molecule has 1 aliphatic heterocycles. The summed E-state index contributed by atoms with van der Waals surface area (Å²) >= 11 is 0. The fraction of sp³-hybridized carbons (Fsp3) is 0.500. The number of hydroxylamine groups is 1. The standard InChI is InChI=1S/C16H22N2O5/c1-16(2,3)23-15(20)18-12(11-8-6-5-7-9-11)10-22-14(18)13(19)17-21-4/h5-9,12,14H,10H2,1-4H3,(H,17,19)/t12-,14+/m1/s1. The summed E-state index contributed by atoms with van der Waals surface area (Å²) in [6.45, 7) is 5.50. The van der Waals surface area contributed by atoms with Gasteiger partial charge in [0, 0.05) is 0 Å². The number of carbonyl (C=O) groups is 2. The Hall–Kier alpha value is -2.12. The first-order chi connectivity index (χ1) is 10.8. The van der Waals surface area contributed by atoms with Crippen molar-refractivity contribution in [2.75, 3.05) is 13.7 Å². The summed E-state index contributed by atoms with van der Waals surface area (Å²) in [4.78, 5) is 30.6. The third-order valence-electron chi connectivity index (χ3n) is 3.22. The van der Waals surface area contributed by atoms with E-state index >= 15 is 0 Å². The van der Waals surface area contributed by atoms with E-state index in [4.69, 9.17) is 9.47 Å². The summed E-state index contributed by atoms with van der Waals surface area (Å²) in [5, 5.41) is 0. The van der Waals surface area contributed by atoms with Gasteiger partial charge in [-0.3, -0.25) is 14.5 Å². The minimum atomic E-state index is -1.10. The first kappa shape index (κ1) is 17.2. The molecule has 0 aromatic heterocycles. The number of benzene rings is 1. The van der Waals surface area contributed by atoms with E-state index in [9.17, 15) is 9.59 Å². The molecule has 2 amide bonds. The average Bonchev–Trinajstić information content (AvgIpc) is 2.91. The van der Waals surface area contributed by atoms with Crippen LogP contribution in [-0.2, 0) is 19.1 Å². The zero-order chi connectivity index (χ0) is 17.0. The summed E-state index contributed by atoms with van der Waals surface area (Å²) in [6, 6.07) is 8.96. The highest BCUT2D eigenvalue weighted by Crippen LogP contribution is 2.32. The Labute approximate surface area is 135 Å². The fourth-order valence-corrected chi connectivity index (χ4v) is 2.33. The number of hydrogen-bond acceptors (Lipinski definition) is 5. The van der Waals surface area contributed by atoms with Crippen LogP contribution >= 0.6 is 0 Å². The van der Waals surface area contributed by atoms with Crippen LogP contribution in [0, 0.1) is 0 Å². The molecule has 0 radical (unpaired) electrons. The Morgan fingerprint density at radius 2 is 1.91 bits per heavy atom. The quantitative estimate of drug-likeness (QED) is 0.861. The Balaban J connectivity index is 2.28. The van der Waals surface area contributed by atoms with Gasteiger partial charge in [-0.25, -0.2) is 10.3 Å². The van der Waals surface area contributed by atoms with Gasteiger partial charge < -0.3 is 9.47 Å². The van der Waals surface area contributed by atoms with Gasteiger partial charge in [-0.15, -0.1) is 0 Å². The molecule has 0 saturated carbocycles. The van der Waals surface area contributed by atoms with Gasteiger partial charge in [-0.1, -0.05) is 30.3 Å². The van der Waals surface area contributed by atoms with E-state index in [1.54, 1.807) is 20.8 Å². The van der Waals surface area contributed by atoms with Crippen LogP contribution in [0.1, 0.15) is 32.4 Å². The van der Waals surface area contributed by atoms with E-state index in [0.717, 1.165) is 5.56 Å². The van der Waals surface area contributed by atoms with E-state index < -0.39 is 29.9 Å². The highest BCUT2D eigenvalue weighted by atomic mass is 16.6. The van der Waals surface area contributed by atoms with Crippen molar-refractivity contribution in [2.24, 2.45) is 0 Å². The van der Waals surface area contributed by atoms with Crippen molar-refractivity contribution >= 4 is 12.0 Å². The van der Waals surface area contributed by atoms with Crippen LogP contribution in [0.15, 0.2) is 30.3 Å². The minimum Gasteiger partial charge on any atom is -0.444 e. The summed E-state index contributed by atoms with van der Waals surface area (Å²) < 4.78 is 10.9. The molecule has 126 valence electrons. The van der Waals surface area contributed by atoms with Gasteiger partial charge in [0.2, 0.25) is 6.23 Å². The molecule has 7 nitrogen and oxygen atoms in total. The lowest BCUT2D eigenvalue weighted by Crippen LogP contribution is -2.48. The molecule has 0 spiro atoms. The van der Waals surface area contributed by atoms with Crippen LogP contribution in [0.4, 0.5) is 4.79 Å². The molecule has 0 bridgehead atoms. The predicted molar refractivity (Wildman–Crippen MR) is 82.1 cm³/mol. The third-order valence-corrected chi connectivity index (χ3v) is 3.22. The smallest absolute Gasteiger partial charge is 0.413 e. The van der Waals surface area contributed by atoms with Crippen molar-refractivity contribution in [3.63, 3.8) is 0 Å². The van der Waals surface area contributed by atoms with Crippen LogP contribution in [0.25, 0.3) is 0 Å². The van der Waals surface area contributed by atoms with Gasteiger partial charge in [0.15, 0.2) is 0 Å². The summed E-state index contributed by atoms with van der Waals surface area (Å²) in [6.07, 6.45) is -1.71. The molecule has 1 N–H and O–H groups in total. The molecule has 1 aromatic carbocycles. The summed E-state index contributed by atoms with van der Waals surface area (Å²) in [5.41, 5.74) is 2.38. The molecular weight excluding hydrogens is 300 g/mol. The van der Waals surface area contributed by atoms with Crippen LogP contribution < -0.4 is 5.48 Å². The molecule has 1 saturated heterocycles. The van der Waals surface area contributed by atoms with Gasteiger partial charge in [-0.2, -0.15) is 0 Å². The van der Waals surface area contributed by atoms with Gasteiger partial charge in [0.25, 0.3) is 5.91 Å². The molecule has 23 heavy (non-hydrogen) atoms. The molecule has 7 heteroatoms. The van der Waals surface area contributed by atoms with E-state index in [0.29, 0.717) is 0 Å². The molecule has 1 heterocycles. The van der Waals surface area contributed by atoms with Crippen LogP contribution in [0.5, 0.6) is 0 Å². The highest BCUT2D eigenvalue weighted by molar-refractivity contribution is 5.84. The monoisotopic (exact) mass is 322 g/mol. The van der Waals surface area contributed by atoms with Crippen LogP contribution in [-0.4, -0.2) is 42.4 Å². The first-order valence-corrected chi connectivity index (χ1v) is 7.34. The summed E-state index contributed by atoms with van der Waals surface area (Å²) in [5.74, 6) is -0.559. The number of nitrogens with one attached hydrogen (secondary N) is 1. The molecule has 2 rings (SSSR count). The van der Waals surface area contributed by atoms with E-state index in [1.165, 1.54) is 12.0 Å². The van der Waals surface area contributed by atoms with Crippen LogP contribution in [0.2, 0.25) is 0 Å². The molecule has 0 aliphatic carbocycles. The second kappa shape index (κ2) is 6.97. The predicted octanol–water partition coefficient (Wildman–Crippen LogP) is 2.00. The van der Waals surface area contributed by atoms with Crippen molar-refractivity contribution in [2.45, 2.75) is 38.6 Å². The minimum absolute atomic E-state index is 0.199. The van der Waals surface area contributed by atoms with Crippen molar-refractivity contribution < 1.29 is 23.9 Å². The highest BCUT2D eigenvalue weighted by Gasteiger charge is 2.44.